The molecule has 0 radical (unpaired) electrons. The average molecular weight is 371 g/mol. The molecule has 0 aliphatic carbocycles. The van der Waals surface area contributed by atoms with Crippen LogP contribution in [-0.2, 0) is 0 Å². The van der Waals surface area contributed by atoms with Crippen molar-refractivity contribution < 1.29 is 18.7 Å². The number of nitrogens with zero attached hydrogens (tertiary/aromatic N) is 2. The third kappa shape index (κ3) is 3.97. The van der Waals surface area contributed by atoms with Crippen molar-refractivity contribution in [2.45, 2.75) is 4.90 Å². The zero-order valence-corrected chi connectivity index (χ0v) is 15.3. The second-order valence-electron chi connectivity index (χ2n) is 5.20. The molecule has 7 nitrogen and oxygen atoms in total. The van der Waals surface area contributed by atoms with Crippen molar-refractivity contribution in [2.24, 2.45) is 0 Å². The molecule has 2 aromatic carbocycles. The molecule has 3 rings (SSSR count). The molecule has 0 aliphatic heterocycles. The van der Waals surface area contributed by atoms with E-state index in [2.05, 4.69) is 15.5 Å². The molecule has 0 atom stereocenters. The SMILES string of the molecule is COc1cc(OC)cc(C(=O)Nc2nnc(-c3cccc(SC)c3)o2)c1. The van der Waals surface area contributed by atoms with Crippen molar-refractivity contribution in [1.29, 1.82) is 0 Å². The standard InChI is InChI=1S/C18H17N3O4S/c1-23-13-7-12(8-14(10-13)24-2)16(22)19-18-21-20-17(25-18)11-5-4-6-15(9-11)26-3/h4-10H,1-3H3,(H,19,21,22). The largest absolute Gasteiger partial charge is 0.497 e. The molecule has 8 heteroatoms. The number of amides is 1. The van der Waals surface area contributed by atoms with Gasteiger partial charge in [-0.1, -0.05) is 11.2 Å². The van der Waals surface area contributed by atoms with E-state index in [4.69, 9.17) is 13.9 Å². The number of carbonyl (C=O) groups is 1. The zero-order chi connectivity index (χ0) is 18.5. The lowest BCUT2D eigenvalue weighted by atomic mass is 10.2. The first-order chi connectivity index (χ1) is 12.6. The maximum atomic E-state index is 12.4. The number of methoxy groups -OCH3 is 2. The number of aromatic nitrogens is 2. The van der Waals surface area contributed by atoms with Crippen molar-refractivity contribution in [3.63, 3.8) is 0 Å². The van der Waals surface area contributed by atoms with Crippen LogP contribution >= 0.6 is 11.8 Å². The first-order valence-corrected chi connectivity index (χ1v) is 8.87. The van der Waals surface area contributed by atoms with Crippen LogP contribution in [0.3, 0.4) is 0 Å². The Bertz CT molecular complexity index is 904. The Morgan fingerprint density at radius 2 is 1.81 bits per heavy atom. The molecule has 3 aromatic rings. The van der Waals surface area contributed by atoms with Crippen LogP contribution in [0.25, 0.3) is 11.5 Å². The maximum absolute atomic E-state index is 12.4. The fourth-order valence-corrected chi connectivity index (χ4v) is 2.71. The summed E-state index contributed by atoms with van der Waals surface area (Å²) in [5.41, 5.74) is 1.14. The monoisotopic (exact) mass is 371 g/mol. The summed E-state index contributed by atoms with van der Waals surface area (Å²) >= 11 is 1.62. The van der Waals surface area contributed by atoms with Gasteiger partial charge in [0, 0.05) is 22.1 Å². The molecule has 1 heterocycles. The summed E-state index contributed by atoms with van der Waals surface area (Å²) in [5, 5.41) is 10.5. The number of rotatable bonds is 6. The van der Waals surface area contributed by atoms with E-state index in [-0.39, 0.29) is 6.01 Å². The Morgan fingerprint density at radius 1 is 1.08 bits per heavy atom. The van der Waals surface area contributed by atoms with Crippen LogP contribution in [0.4, 0.5) is 6.01 Å². The van der Waals surface area contributed by atoms with Crippen LogP contribution in [0.2, 0.25) is 0 Å². The Balaban J connectivity index is 1.79. The molecule has 0 bridgehead atoms. The fraction of sp³-hybridized carbons (Fsp3) is 0.167. The molecule has 0 unspecified atom stereocenters. The molecule has 0 saturated carbocycles. The first kappa shape index (κ1) is 17.8. The van der Waals surface area contributed by atoms with Gasteiger partial charge in [0.15, 0.2) is 0 Å². The second kappa shape index (κ2) is 7.92. The van der Waals surface area contributed by atoms with E-state index >= 15 is 0 Å². The molecule has 1 N–H and O–H groups in total. The highest BCUT2D eigenvalue weighted by Gasteiger charge is 2.15. The quantitative estimate of drug-likeness (QED) is 0.661. The van der Waals surface area contributed by atoms with Crippen molar-refractivity contribution in [1.82, 2.24) is 10.2 Å². The molecule has 0 spiro atoms. The summed E-state index contributed by atoms with van der Waals surface area (Å²) in [5.74, 6) is 0.943. The third-order valence-electron chi connectivity index (χ3n) is 3.58. The smallest absolute Gasteiger partial charge is 0.322 e. The Morgan fingerprint density at radius 3 is 2.46 bits per heavy atom. The van der Waals surface area contributed by atoms with Gasteiger partial charge in [-0.2, -0.15) is 0 Å². The van der Waals surface area contributed by atoms with Gasteiger partial charge >= 0.3 is 6.01 Å². The Labute approximate surface area is 154 Å². The fourth-order valence-electron chi connectivity index (χ4n) is 2.25. The van der Waals surface area contributed by atoms with E-state index in [1.165, 1.54) is 14.2 Å². The summed E-state index contributed by atoms with van der Waals surface area (Å²) in [6, 6.07) is 12.6. The molecule has 0 aliphatic rings. The highest BCUT2D eigenvalue weighted by atomic mass is 32.2. The highest BCUT2D eigenvalue weighted by Crippen LogP contribution is 2.26. The van der Waals surface area contributed by atoms with Crippen LogP contribution in [0.5, 0.6) is 11.5 Å². The molecule has 134 valence electrons. The van der Waals surface area contributed by atoms with E-state index < -0.39 is 5.91 Å². The number of thioether (sulfide) groups is 1. The number of ether oxygens (including phenoxy) is 2. The Kier molecular flexibility index (Phi) is 5.43. The van der Waals surface area contributed by atoms with Crippen LogP contribution in [0.1, 0.15) is 10.4 Å². The predicted molar refractivity (Wildman–Crippen MR) is 99.0 cm³/mol. The van der Waals surface area contributed by atoms with Gasteiger partial charge in [0.1, 0.15) is 11.5 Å². The van der Waals surface area contributed by atoms with Crippen LogP contribution < -0.4 is 14.8 Å². The van der Waals surface area contributed by atoms with E-state index in [0.29, 0.717) is 23.0 Å². The van der Waals surface area contributed by atoms with E-state index in [1.807, 2.05) is 30.5 Å². The molecule has 1 amide bonds. The summed E-state index contributed by atoms with van der Waals surface area (Å²) in [7, 11) is 3.03. The normalized spacial score (nSPS) is 10.4. The molecule has 0 saturated heterocycles. The number of carbonyl (C=O) groups excluding carboxylic acids is 1. The lowest BCUT2D eigenvalue weighted by Gasteiger charge is -2.07. The minimum absolute atomic E-state index is 0.0151. The van der Waals surface area contributed by atoms with Gasteiger partial charge in [-0.15, -0.1) is 16.9 Å². The average Bonchev–Trinajstić information content (AvgIpc) is 3.16. The molecular formula is C18H17N3O4S. The van der Waals surface area contributed by atoms with Gasteiger partial charge < -0.3 is 13.9 Å². The zero-order valence-electron chi connectivity index (χ0n) is 14.5. The summed E-state index contributed by atoms with van der Waals surface area (Å²) in [6.07, 6.45) is 1.99. The number of hydrogen-bond acceptors (Lipinski definition) is 7. The summed E-state index contributed by atoms with van der Waals surface area (Å²) < 4.78 is 15.9. The minimum atomic E-state index is -0.407. The van der Waals surface area contributed by atoms with E-state index in [9.17, 15) is 4.79 Å². The van der Waals surface area contributed by atoms with Gasteiger partial charge in [0.25, 0.3) is 5.91 Å². The van der Waals surface area contributed by atoms with Crippen molar-refractivity contribution in [3.05, 3.63) is 48.0 Å². The Hall–Kier alpha value is -3.00. The minimum Gasteiger partial charge on any atom is -0.497 e. The van der Waals surface area contributed by atoms with E-state index in [0.717, 1.165) is 10.5 Å². The van der Waals surface area contributed by atoms with Gasteiger partial charge in [0.05, 0.1) is 14.2 Å². The summed E-state index contributed by atoms with van der Waals surface area (Å²) in [6.45, 7) is 0. The first-order valence-electron chi connectivity index (χ1n) is 7.65. The van der Waals surface area contributed by atoms with Crippen molar-refractivity contribution in [3.8, 4) is 23.0 Å². The third-order valence-corrected chi connectivity index (χ3v) is 4.30. The number of benzene rings is 2. The van der Waals surface area contributed by atoms with Crippen LogP contribution in [-0.4, -0.2) is 36.6 Å². The van der Waals surface area contributed by atoms with Crippen LogP contribution in [0, 0.1) is 0 Å². The highest BCUT2D eigenvalue weighted by molar-refractivity contribution is 7.98. The lowest BCUT2D eigenvalue weighted by molar-refractivity contribution is 0.102. The number of hydrogen-bond donors (Lipinski definition) is 1. The molecule has 1 aromatic heterocycles. The van der Waals surface area contributed by atoms with Gasteiger partial charge in [0.2, 0.25) is 5.89 Å². The van der Waals surface area contributed by atoms with Crippen LogP contribution in [0.15, 0.2) is 51.8 Å². The summed E-state index contributed by atoms with van der Waals surface area (Å²) in [4.78, 5) is 13.5. The topological polar surface area (TPSA) is 86.5 Å². The predicted octanol–water partition coefficient (Wildman–Crippen LogP) is 3.73. The second-order valence-corrected chi connectivity index (χ2v) is 6.08. The van der Waals surface area contributed by atoms with Gasteiger partial charge in [-0.05, 0) is 36.6 Å². The van der Waals surface area contributed by atoms with Crippen molar-refractivity contribution >= 4 is 23.7 Å². The number of anilines is 1. The van der Waals surface area contributed by atoms with E-state index in [1.54, 1.807) is 30.0 Å². The molecular weight excluding hydrogens is 354 g/mol. The van der Waals surface area contributed by atoms with Gasteiger partial charge in [-0.25, -0.2) is 0 Å². The molecule has 0 fully saturated rings. The molecule has 26 heavy (non-hydrogen) atoms. The maximum Gasteiger partial charge on any atom is 0.322 e. The number of nitrogens with one attached hydrogen (secondary N) is 1. The van der Waals surface area contributed by atoms with Gasteiger partial charge in [-0.3, -0.25) is 10.1 Å². The lowest BCUT2D eigenvalue weighted by Crippen LogP contribution is -2.12. The van der Waals surface area contributed by atoms with Crippen molar-refractivity contribution in [2.75, 3.05) is 25.8 Å².